The number of ether oxygens (including phenoxy) is 1. The van der Waals surface area contributed by atoms with Gasteiger partial charge < -0.3 is 4.74 Å². The first-order valence-electron chi connectivity index (χ1n) is 2.88. The minimum atomic E-state index is 0.520. The van der Waals surface area contributed by atoms with Crippen molar-refractivity contribution in [2.45, 2.75) is 0 Å². The summed E-state index contributed by atoms with van der Waals surface area (Å²) >= 11 is 0. The molecule has 5 heteroatoms. The SMILES string of the molecule is C1=CN(c2c[nH]nn2)CO1. The van der Waals surface area contributed by atoms with E-state index in [-0.39, 0.29) is 0 Å². The highest BCUT2D eigenvalue weighted by molar-refractivity contribution is 5.38. The van der Waals surface area contributed by atoms with E-state index < -0.39 is 0 Å². The first-order valence-corrected chi connectivity index (χ1v) is 2.88. The van der Waals surface area contributed by atoms with Gasteiger partial charge in [0.1, 0.15) is 6.26 Å². The molecule has 0 fully saturated rings. The minimum absolute atomic E-state index is 0.520. The summed E-state index contributed by atoms with van der Waals surface area (Å²) in [7, 11) is 0. The number of H-pyrrole nitrogens is 1. The smallest absolute Gasteiger partial charge is 0.177 e. The van der Waals surface area contributed by atoms with E-state index in [0.29, 0.717) is 6.73 Å². The molecule has 2 rings (SSSR count). The third kappa shape index (κ3) is 0.717. The number of nitrogens with one attached hydrogen (secondary N) is 1. The molecule has 2 heterocycles. The van der Waals surface area contributed by atoms with Crippen molar-refractivity contribution >= 4 is 5.82 Å². The number of rotatable bonds is 1. The number of aromatic nitrogens is 3. The van der Waals surface area contributed by atoms with Gasteiger partial charge in [-0.15, -0.1) is 5.10 Å². The minimum Gasteiger partial charge on any atom is -0.479 e. The van der Waals surface area contributed by atoms with Crippen LogP contribution in [0.3, 0.4) is 0 Å². The average Bonchev–Trinajstić information content (AvgIpc) is 2.59. The zero-order chi connectivity index (χ0) is 6.81. The maximum absolute atomic E-state index is 4.94. The monoisotopic (exact) mass is 138 g/mol. The van der Waals surface area contributed by atoms with Crippen LogP contribution in [0.4, 0.5) is 5.82 Å². The number of hydrogen-bond acceptors (Lipinski definition) is 4. The molecule has 52 valence electrons. The largest absolute Gasteiger partial charge is 0.479 e. The van der Waals surface area contributed by atoms with E-state index in [1.165, 1.54) is 0 Å². The van der Waals surface area contributed by atoms with Crippen molar-refractivity contribution in [1.82, 2.24) is 15.4 Å². The molecule has 0 aliphatic carbocycles. The molecule has 1 aliphatic heterocycles. The number of anilines is 1. The summed E-state index contributed by atoms with van der Waals surface area (Å²) in [5.74, 6) is 0.772. The fourth-order valence-electron chi connectivity index (χ4n) is 0.761. The molecule has 1 aromatic rings. The van der Waals surface area contributed by atoms with Crippen LogP contribution in [0.5, 0.6) is 0 Å². The Bertz CT molecular complexity index is 230. The lowest BCUT2D eigenvalue weighted by Crippen LogP contribution is -2.13. The van der Waals surface area contributed by atoms with Crippen molar-refractivity contribution in [2.75, 3.05) is 11.6 Å². The van der Waals surface area contributed by atoms with Crippen molar-refractivity contribution in [2.24, 2.45) is 0 Å². The van der Waals surface area contributed by atoms with Gasteiger partial charge in [-0.1, -0.05) is 5.21 Å². The summed E-state index contributed by atoms with van der Waals surface area (Å²) in [4.78, 5) is 1.84. The van der Waals surface area contributed by atoms with Gasteiger partial charge in [0.05, 0.1) is 6.20 Å². The second-order valence-electron chi connectivity index (χ2n) is 1.88. The highest BCUT2D eigenvalue weighted by atomic mass is 16.5. The van der Waals surface area contributed by atoms with Crippen LogP contribution in [0.25, 0.3) is 0 Å². The van der Waals surface area contributed by atoms with Crippen LogP contribution in [-0.2, 0) is 4.74 Å². The van der Waals surface area contributed by atoms with E-state index in [4.69, 9.17) is 4.74 Å². The summed E-state index contributed by atoms with van der Waals surface area (Å²) < 4.78 is 4.94. The molecule has 10 heavy (non-hydrogen) atoms. The Kier molecular flexibility index (Phi) is 1.06. The standard InChI is InChI=1S/C5H6N4O/c1-2-10-4-9(1)5-3-6-8-7-5/h1-3H,4H2,(H,6,7,8). The molecule has 0 saturated heterocycles. The summed E-state index contributed by atoms with van der Waals surface area (Å²) in [5.41, 5.74) is 0. The molecular formula is C5H6N4O. The molecule has 0 aromatic carbocycles. The van der Waals surface area contributed by atoms with E-state index in [9.17, 15) is 0 Å². The average molecular weight is 138 g/mol. The van der Waals surface area contributed by atoms with Gasteiger partial charge in [0.15, 0.2) is 12.5 Å². The molecule has 0 saturated carbocycles. The predicted octanol–water partition coefficient (Wildman–Crippen LogP) is 0.0700. The lowest BCUT2D eigenvalue weighted by molar-refractivity contribution is 0.281. The Morgan fingerprint density at radius 3 is 3.30 bits per heavy atom. The summed E-state index contributed by atoms with van der Waals surface area (Å²) in [5, 5.41) is 9.96. The van der Waals surface area contributed by atoms with E-state index >= 15 is 0 Å². The fourth-order valence-corrected chi connectivity index (χ4v) is 0.761. The Hall–Kier alpha value is -1.52. The van der Waals surface area contributed by atoms with Crippen LogP contribution in [0.1, 0.15) is 0 Å². The normalized spacial score (nSPS) is 15.8. The van der Waals surface area contributed by atoms with E-state index in [2.05, 4.69) is 15.4 Å². The fraction of sp³-hybridized carbons (Fsp3) is 0.200. The molecular weight excluding hydrogens is 132 g/mol. The molecule has 0 radical (unpaired) electrons. The van der Waals surface area contributed by atoms with Crippen molar-refractivity contribution in [3.8, 4) is 0 Å². The molecule has 1 aromatic heterocycles. The van der Waals surface area contributed by atoms with Crippen LogP contribution < -0.4 is 4.90 Å². The molecule has 0 bridgehead atoms. The lowest BCUT2D eigenvalue weighted by atomic mass is 10.6. The quantitative estimate of drug-likeness (QED) is 0.596. The van der Waals surface area contributed by atoms with Gasteiger partial charge in [0.2, 0.25) is 0 Å². The summed E-state index contributed by atoms with van der Waals surface area (Å²) in [6.07, 6.45) is 5.13. The van der Waals surface area contributed by atoms with Crippen LogP contribution in [-0.4, -0.2) is 22.1 Å². The molecule has 1 aliphatic rings. The van der Waals surface area contributed by atoms with Crippen LogP contribution in [0, 0.1) is 0 Å². The highest BCUT2D eigenvalue weighted by Crippen LogP contribution is 2.10. The second kappa shape index (κ2) is 2.02. The third-order valence-electron chi connectivity index (χ3n) is 1.25. The van der Waals surface area contributed by atoms with Gasteiger partial charge in [0, 0.05) is 6.20 Å². The first kappa shape index (κ1) is 5.28. The first-order chi connectivity index (χ1) is 4.97. The van der Waals surface area contributed by atoms with Gasteiger partial charge >= 0.3 is 0 Å². The predicted molar refractivity (Wildman–Crippen MR) is 34.0 cm³/mol. The zero-order valence-electron chi connectivity index (χ0n) is 5.19. The Morgan fingerprint density at radius 1 is 1.70 bits per heavy atom. The van der Waals surface area contributed by atoms with Crippen molar-refractivity contribution in [1.29, 1.82) is 0 Å². The van der Waals surface area contributed by atoms with E-state index in [1.54, 1.807) is 18.7 Å². The van der Waals surface area contributed by atoms with Gasteiger partial charge in [-0.2, -0.15) is 0 Å². The maximum atomic E-state index is 4.94. The third-order valence-corrected chi connectivity index (χ3v) is 1.25. The van der Waals surface area contributed by atoms with Crippen LogP contribution in [0.15, 0.2) is 18.7 Å². The number of aromatic amines is 1. The molecule has 5 nitrogen and oxygen atoms in total. The number of nitrogens with zero attached hydrogens (tertiary/aromatic N) is 3. The summed E-state index contributed by atoms with van der Waals surface area (Å²) in [6, 6.07) is 0. The van der Waals surface area contributed by atoms with Crippen molar-refractivity contribution in [3.05, 3.63) is 18.7 Å². The second-order valence-corrected chi connectivity index (χ2v) is 1.88. The van der Waals surface area contributed by atoms with Gasteiger partial charge in [0.25, 0.3) is 0 Å². The van der Waals surface area contributed by atoms with Gasteiger partial charge in [-0.25, -0.2) is 0 Å². The van der Waals surface area contributed by atoms with E-state index in [1.807, 2.05) is 4.90 Å². The molecule has 1 N–H and O–H groups in total. The Morgan fingerprint density at radius 2 is 2.70 bits per heavy atom. The topological polar surface area (TPSA) is 54.0 Å². The van der Waals surface area contributed by atoms with Crippen LogP contribution >= 0.6 is 0 Å². The zero-order valence-corrected chi connectivity index (χ0v) is 5.19. The van der Waals surface area contributed by atoms with Crippen LogP contribution in [0.2, 0.25) is 0 Å². The molecule has 0 spiro atoms. The summed E-state index contributed by atoms with van der Waals surface area (Å²) in [6.45, 7) is 0.520. The Balaban J connectivity index is 2.20. The van der Waals surface area contributed by atoms with Gasteiger partial charge in [-0.05, 0) is 0 Å². The van der Waals surface area contributed by atoms with Crippen molar-refractivity contribution < 1.29 is 4.74 Å². The Labute approximate surface area is 57.3 Å². The van der Waals surface area contributed by atoms with Gasteiger partial charge in [-0.3, -0.25) is 10.00 Å². The van der Waals surface area contributed by atoms with E-state index in [0.717, 1.165) is 5.82 Å². The highest BCUT2D eigenvalue weighted by Gasteiger charge is 2.08. The molecule has 0 amide bonds. The van der Waals surface area contributed by atoms with Crippen molar-refractivity contribution in [3.63, 3.8) is 0 Å². The molecule has 0 unspecified atom stereocenters. The number of hydrogen-bond donors (Lipinski definition) is 1. The molecule has 0 atom stereocenters. The lowest BCUT2D eigenvalue weighted by Gasteiger charge is -2.06. The maximum Gasteiger partial charge on any atom is 0.177 e.